The van der Waals surface area contributed by atoms with Crippen LogP contribution >= 0.6 is 23.2 Å². The van der Waals surface area contributed by atoms with E-state index in [9.17, 15) is 9.11 Å². The lowest BCUT2D eigenvalue weighted by molar-refractivity contribution is 0.560. The lowest BCUT2D eigenvalue weighted by Crippen LogP contribution is -2.20. The molecule has 0 saturated carbocycles. The van der Waals surface area contributed by atoms with Gasteiger partial charge in [-0.2, -0.15) is 0 Å². The van der Waals surface area contributed by atoms with Crippen LogP contribution < -0.4 is 0 Å². The summed E-state index contributed by atoms with van der Waals surface area (Å²) in [4.78, 5) is 5.46. The van der Waals surface area contributed by atoms with Crippen LogP contribution in [0, 0.1) is 0 Å². The lowest BCUT2D eigenvalue weighted by atomic mass is 10.1. The van der Waals surface area contributed by atoms with Gasteiger partial charge in [-0.1, -0.05) is 35.3 Å². The summed E-state index contributed by atoms with van der Waals surface area (Å²) in [5, 5.41) is 1.00. The van der Waals surface area contributed by atoms with Crippen LogP contribution in [0.4, 0.5) is 0 Å². The summed E-state index contributed by atoms with van der Waals surface area (Å²) in [5.41, 5.74) is 1.88. The average molecular weight is 503 g/mol. The van der Waals surface area contributed by atoms with Crippen LogP contribution in [0.1, 0.15) is 16.4 Å². The minimum absolute atomic E-state index is 0.252. The number of hydrogen-bond donors (Lipinski definition) is 0. The minimum Gasteiger partial charge on any atom is -0.616 e. The van der Waals surface area contributed by atoms with Crippen molar-refractivity contribution in [3.8, 4) is 0 Å². The minimum atomic E-state index is -1.31. The Hall–Kier alpha value is -1.93. The maximum atomic E-state index is 13.4. The Labute approximate surface area is 203 Å². The molecule has 4 rings (SSSR count). The van der Waals surface area contributed by atoms with E-state index in [4.69, 9.17) is 23.2 Å². The van der Waals surface area contributed by atoms with Crippen LogP contribution in [0.15, 0.2) is 101 Å². The predicted octanol–water partition coefficient (Wildman–Crippen LogP) is 6.05. The highest BCUT2D eigenvalue weighted by molar-refractivity contribution is 7.91. The van der Waals surface area contributed by atoms with Crippen LogP contribution in [0.5, 0.6) is 0 Å². The molecule has 0 aliphatic carbocycles. The molecule has 8 heteroatoms. The van der Waals surface area contributed by atoms with Crippen molar-refractivity contribution in [3.05, 3.63) is 113 Å². The van der Waals surface area contributed by atoms with Gasteiger partial charge >= 0.3 is 0 Å². The first-order valence-electron chi connectivity index (χ1n) is 9.84. The zero-order valence-corrected chi connectivity index (χ0v) is 20.1. The first kappa shape index (κ1) is 23.2. The predicted molar refractivity (Wildman–Crippen MR) is 131 cm³/mol. The molecule has 1 aromatic heterocycles. The fourth-order valence-electron chi connectivity index (χ4n) is 3.27. The second-order valence-electron chi connectivity index (χ2n) is 7.19. The summed E-state index contributed by atoms with van der Waals surface area (Å²) in [7, 11) is 0. The van der Waals surface area contributed by atoms with E-state index in [1.807, 2.05) is 47.2 Å². The highest BCUT2D eigenvalue weighted by atomic mass is 35.5. The van der Waals surface area contributed by atoms with Gasteiger partial charge in [-0.05, 0) is 71.8 Å². The number of halogens is 2. The van der Waals surface area contributed by atoms with Crippen LogP contribution in [0.3, 0.4) is 0 Å². The number of benzene rings is 3. The maximum Gasteiger partial charge on any atom is 0.158 e. The molecule has 0 fully saturated rings. The van der Waals surface area contributed by atoms with Crippen LogP contribution in [0.25, 0.3) is 0 Å². The molecule has 0 spiro atoms. The second kappa shape index (κ2) is 10.8. The maximum absolute atomic E-state index is 13.4. The average Bonchev–Trinajstić information content (AvgIpc) is 3.32. The van der Waals surface area contributed by atoms with Crippen molar-refractivity contribution in [1.82, 2.24) is 9.55 Å². The van der Waals surface area contributed by atoms with Gasteiger partial charge in [0.05, 0.1) is 12.9 Å². The van der Waals surface area contributed by atoms with Crippen molar-refractivity contribution in [2.24, 2.45) is 0 Å². The van der Waals surface area contributed by atoms with Crippen molar-refractivity contribution >= 4 is 45.6 Å². The fourth-order valence-corrected chi connectivity index (χ4v) is 6.08. The van der Waals surface area contributed by atoms with Crippen molar-refractivity contribution in [2.45, 2.75) is 27.3 Å². The molecule has 32 heavy (non-hydrogen) atoms. The zero-order valence-electron chi connectivity index (χ0n) is 16.9. The number of nitrogens with zero attached hydrogens (tertiary/aromatic N) is 2. The molecule has 3 unspecified atom stereocenters. The number of rotatable bonds is 8. The topological polar surface area (TPSA) is 63.9 Å². The van der Waals surface area contributed by atoms with Crippen molar-refractivity contribution in [2.75, 3.05) is 0 Å². The quantitative estimate of drug-likeness (QED) is 0.275. The lowest BCUT2D eigenvalue weighted by Gasteiger charge is -2.23. The van der Waals surface area contributed by atoms with E-state index in [0.29, 0.717) is 32.1 Å². The van der Waals surface area contributed by atoms with E-state index in [1.54, 1.807) is 48.9 Å². The Morgan fingerprint density at radius 3 is 1.94 bits per heavy atom. The summed E-state index contributed by atoms with van der Waals surface area (Å²) in [5.74, 6) is 0.412. The first-order valence-corrected chi connectivity index (χ1v) is 13.1. The Morgan fingerprint density at radius 2 is 1.38 bits per heavy atom. The van der Waals surface area contributed by atoms with Crippen molar-refractivity contribution in [1.29, 1.82) is 0 Å². The van der Waals surface area contributed by atoms with E-state index in [2.05, 4.69) is 4.98 Å². The Morgan fingerprint density at radius 1 is 0.812 bits per heavy atom. The molecule has 0 aliphatic rings. The molecule has 0 aliphatic heterocycles. The molecule has 1 heterocycles. The monoisotopic (exact) mass is 502 g/mol. The van der Waals surface area contributed by atoms with Gasteiger partial charge in [0, 0.05) is 44.7 Å². The molecule has 0 radical (unpaired) electrons. The van der Waals surface area contributed by atoms with Gasteiger partial charge in [-0.25, -0.2) is 4.98 Å². The third-order valence-corrected chi connectivity index (χ3v) is 8.55. The highest BCUT2D eigenvalue weighted by Gasteiger charge is 2.26. The number of hydrogen-bond acceptors (Lipinski definition) is 3. The molecular weight excluding hydrogens is 483 g/mol. The summed E-state index contributed by atoms with van der Waals surface area (Å²) in [6.07, 6.45) is 5.28. The van der Waals surface area contributed by atoms with Gasteiger partial charge in [0.15, 0.2) is 15.0 Å². The standard InChI is InChI=1S/C24H20Cl2N2O2S2/c25-20-5-1-18(2-6-20)16-31(29)24(15-28-14-13-27-17-28)19-3-9-22(10-4-19)32(30)23-11-7-21(26)8-12-23/h1-14,17,24H,15-16H2. The van der Waals surface area contributed by atoms with Crippen LogP contribution in [-0.2, 0) is 34.6 Å². The Balaban J connectivity index is 1.56. The molecule has 3 atom stereocenters. The molecular formula is C24H20Cl2N2O2S2. The highest BCUT2D eigenvalue weighted by Crippen LogP contribution is 2.30. The third-order valence-electron chi connectivity index (χ3n) is 4.97. The van der Waals surface area contributed by atoms with Gasteiger partial charge < -0.3 is 13.7 Å². The third kappa shape index (κ3) is 5.90. The van der Waals surface area contributed by atoms with Gasteiger partial charge in [0.25, 0.3) is 0 Å². The molecule has 3 aromatic carbocycles. The van der Waals surface area contributed by atoms with Gasteiger partial charge in [0.2, 0.25) is 0 Å². The van der Waals surface area contributed by atoms with Crippen molar-refractivity contribution < 1.29 is 9.11 Å². The number of aromatic nitrogens is 2. The van der Waals surface area contributed by atoms with E-state index >= 15 is 0 Å². The van der Waals surface area contributed by atoms with E-state index in [1.165, 1.54) is 0 Å². The van der Waals surface area contributed by atoms with E-state index < -0.39 is 22.4 Å². The summed E-state index contributed by atoms with van der Waals surface area (Å²) < 4.78 is 28.2. The summed E-state index contributed by atoms with van der Waals surface area (Å²) in [6, 6.07) is 21.9. The molecule has 0 bridgehead atoms. The van der Waals surface area contributed by atoms with Crippen LogP contribution in [0.2, 0.25) is 10.0 Å². The zero-order chi connectivity index (χ0) is 22.5. The summed E-state index contributed by atoms with van der Waals surface area (Å²) in [6.45, 7) is 0.528. The largest absolute Gasteiger partial charge is 0.616 e. The van der Waals surface area contributed by atoms with Crippen LogP contribution in [-0.4, -0.2) is 18.7 Å². The van der Waals surface area contributed by atoms with Gasteiger partial charge in [-0.15, -0.1) is 0 Å². The molecule has 4 aromatic rings. The van der Waals surface area contributed by atoms with Crippen molar-refractivity contribution in [3.63, 3.8) is 0 Å². The fraction of sp³-hybridized carbons (Fsp3) is 0.125. The molecule has 0 N–H and O–H groups in total. The molecule has 0 amide bonds. The normalized spacial score (nSPS) is 14.1. The van der Waals surface area contributed by atoms with E-state index in [0.717, 1.165) is 11.1 Å². The Kier molecular flexibility index (Phi) is 7.84. The molecule has 4 nitrogen and oxygen atoms in total. The summed E-state index contributed by atoms with van der Waals surface area (Å²) >= 11 is 9.40. The number of imidazole rings is 1. The van der Waals surface area contributed by atoms with E-state index in [-0.39, 0.29) is 5.25 Å². The second-order valence-corrected chi connectivity index (χ2v) is 11.2. The van der Waals surface area contributed by atoms with Gasteiger partial charge in [0.1, 0.15) is 5.75 Å². The molecule has 0 saturated heterocycles. The van der Waals surface area contributed by atoms with Gasteiger partial charge in [-0.3, -0.25) is 0 Å². The SMILES string of the molecule is [O-][S+](c1ccc(Cl)cc1)c1ccc(C(Cn2ccnc2)[S+]([O-])Cc2ccc(Cl)cc2)cc1. The Bertz CT molecular complexity index is 1120. The molecule has 164 valence electrons. The first-order chi connectivity index (χ1) is 15.5. The smallest absolute Gasteiger partial charge is 0.158 e.